The van der Waals surface area contributed by atoms with Gasteiger partial charge in [0.05, 0.1) is 12.7 Å². The van der Waals surface area contributed by atoms with E-state index in [1.165, 1.54) is 7.11 Å². The number of nitrogens with zero attached hydrogens (tertiary/aromatic N) is 1. The van der Waals surface area contributed by atoms with Gasteiger partial charge < -0.3 is 19.4 Å². The largest absolute Gasteiger partial charge is 0.465 e. The van der Waals surface area contributed by atoms with Crippen molar-refractivity contribution in [3.8, 4) is 0 Å². The lowest BCUT2D eigenvalue weighted by atomic mass is 10.1. The second-order valence-corrected chi connectivity index (χ2v) is 6.39. The SMILES string of the molecule is COC(=O)c1c(C)[nH]c(C(=O)OCC(=O)N(c2ccccc2)C(C)C)c1C. The smallest absolute Gasteiger partial charge is 0.355 e. The van der Waals surface area contributed by atoms with Gasteiger partial charge in [0.25, 0.3) is 5.91 Å². The van der Waals surface area contributed by atoms with Crippen LogP contribution in [0.2, 0.25) is 0 Å². The van der Waals surface area contributed by atoms with Crippen molar-refractivity contribution < 1.29 is 23.9 Å². The molecule has 144 valence electrons. The second-order valence-electron chi connectivity index (χ2n) is 6.39. The average molecular weight is 372 g/mol. The third-order valence-corrected chi connectivity index (χ3v) is 4.18. The van der Waals surface area contributed by atoms with Crippen molar-refractivity contribution in [3.63, 3.8) is 0 Å². The van der Waals surface area contributed by atoms with Gasteiger partial charge in [-0.15, -0.1) is 0 Å². The maximum atomic E-state index is 12.6. The summed E-state index contributed by atoms with van der Waals surface area (Å²) >= 11 is 0. The Bertz CT molecular complexity index is 840. The van der Waals surface area contributed by atoms with Gasteiger partial charge in [-0.05, 0) is 45.4 Å². The van der Waals surface area contributed by atoms with Gasteiger partial charge in [-0.25, -0.2) is 9.59 Å². The van der Waals surface area contributed by atoms with E-state index < -0.39 is 18.5 Å². The summed E-state index contributed by atoms with van der Waals surface area (Å²) in [6.07, 6.45) is 0. The van der Waals surface area contributed by atoms with Crippen molar-refractivity contribution in [2.75, 3.05) is 18.6 Å². The number of benzene rings is 1. The monoisotopic (exact) mass is 372 g/mol. The number of anilines is 1. The van der Waals surface area contributed by atoms with Crippen LogP contribution in [0.15, 0.2) is 30.3 Å². The molecule has 27 heavy (non-hydrogen) atoms. The van der Waals surface area contributed by atoms with E-state index in [4.69, 9.17) is 9.47 Å². The molecule has 1 heterocycles. The first-order valence-corrected chi connectivity index (χ1v) is 8.59. The number of esters is 2. The third-order valence-electron chi connectivity index (χ3n) is 4.18. The lowest BCUT2D eigenvalue weighted by Gasteiger charge is -2.26. The second kappa shape index (κ2) is 8.53. The first-order chi connectivity index (χ1) is 12.8. The van der Waals surface area contributed by atoms with Crippen LogP contribution in [0.3, 0.4) is 0 Å². The van der Waals surface area contributed by atoms with Crippen LogP contribution < -0.4 is 4.90 Å². The van der Waals surface area contributed by atoms with Crippen molar-refractivity contribution >= 4 is 23.5 Å². The first-order valence-electron chi connectivity index (χ1n) is 8.59. The van der Waals surface area contributed by atoms with Crippen molar-refractivity contribution in [2.45, 2.75) is 33.7 Å². The van der Waals surface area contributed by atoms with Gasteiger partial charge in [-0.2, -0.15) is 0 Å². The zero-order chi connectivity index (χ0) is 20.1. The van der Waals surface area contributed by atoms with E-state index in [1.807, 2.05) is 44.2 Å². The molecular weight excluding hydrogens is 348 g/mol. The molecule has 0 unspecified atom stereocenters. The molecule has 0 saturated heterocycles. The molecule has 2 aromatic rings. The van der Waals surface area contributed by atoms with Gasteiger partial charge >= 0.3 is 11.9 Å². The highest BCUT2D eigenvalue weighted by Crippen LogP contribution is 2.20. The summed E-state index contributed by atoms with van der Waals surface area (Å²) in [6.45, 7) is 6.65. The van der Waals surface area contributed by atoms with Gasteiger partial charge in [0.15, 0.2) is 6.61 Å². The van der Waals surface area contributed by atoms with E-state index in [1.54, 1.807) is 18.7 Å². The Morgan fingerprint density at radius 1 is 1.07 bits per heavy atom. The molecule has 1 aromatic carbocycles. The molecule has 2 rings (SSSR count). The number of nitrogens with one attached hydrogen (secondary N) is 1. The minimum Gasteiger partial charge on any atom is -0.465 e. The number of aromatic nitrogens is 1. The standard InChI is InChI=1S/C20H24N2O5/c1-12(2)22(15-9-7-6-8-10-15)16(23)11-27-20(25)18-13(3)17(14(4)21-18)19(24)26-5/h6-10,12,21H,11H2,1-5H3. The number of H-pyrrole nitrogens is 1. The van der Waals surface area contributed by atoms with Crippen molar-refractivity contribution in [3.05, 3.63) is 52.8 Å². The summed E-state index contributed by atoms with van der Waals surface area (Å²) in [5.74, 6) is -1.57. The summed E-state index contributed by atoms with van der Waals surface area (Å²) in [5, 5.41) is 0. The van der Waals surface area contributed by atoms with E-state index in [2.05, 4.69) is 4.98 Å². The number of para-hydroxylation sites is 1. The molecule has 0 aliphatic rings. The molecule has 0 atom stereocenters. The Labute approximate surface area is 158 Å². The number of hydrogen-bond donors (Lipinski definition) is 1. The predicted octanol–water partition coefficient (Wildman–Crippen LogP) is 3.02. The number of methoxy groups -OCH3 is 1. The molecule has 0 radical (unpaired) electrons. The molecule has 0 bridgehead atoms. The van der Waals surface area contributed by atoms with Crippen LogP contribution in [0.25, 0.3) is 0 Å². The molecule has 0 saturated carbocycles. The molecule has 7 nitrogen and oxygen atoms in total. The predicted molar refractivity (Wildman–Crippen MR) is 101 cm³/mol. The first kappa shape index (κ1) is 20.2. The highest BCUT2D eigenvalue weighted by atomic mass is 16.5. The molecule has 7 heteroatoms. The van der Waals surface area contributed by atoms with Crippen LogP contribution in [0.1, 0.15) is 46.0 Å². The topological polar surface area (TPSA) is 88.7 Å². The Morgan fingerprint density at radius 2 is 1.70 bits per heavy atom. The molecule has 1 aromatic heterocycles. The summed E-state index contributed by atoms with van der Waals surface area (Å²) in [4.78, 5) is 41.2. The van der Waals surface area contributed by atoms with Crippen LogP contribution in [0.5, 0.6) is 0 Å². The Balaban J connectivity index is 2.13. The Hall–Kier alpha value is -3.09. The minimum atomic E-state index is -0.698. The van der Waals surface area contributed by atoms with E-state index in [9.17, 15) is 14.4 Å². The molecule has 0 aliphatic carbocycles. The molecule has 0 spiro atoms. The number of rotatable bonds is 6. The Morgan fingerprint density at radius 3 is 2.26 bits per heavy atom. The average Bonchev–Trinajstić information content (AvgIpc) is 2.94. The number of amides is 1. The number of aromatic amines is 1. The fourth-order valence-corrected chi connectivity index (χ4v) is 2.95. The molecule has 1 amide bonds. The van der Waals surface area contributed by atoms with E-state index in [0.717, 1.165) is 5.69 Å². The number of hydrogen-bond acceptors (Lipinski definition) is 5. The van der Waals surface area contributed by atoms with Crippen LogP contribution >= 0.6 is 0 Å². The summed E-state index contributed by atoms with van der Waals surface area (Å²) in [6, 6.07) is 9.08. The number of aryl methyl sites for hydroxylation is 1. The van der Waals surface area contributed by atoms with E-state index in [-0.39, 0.29) is 17.6 Å². The minimum absolute atomic E-state index is 0.0982. The van der Waals surface area contributed by atoms with Crippen molar-refractivity contribution in [1.29, 1.82) is 0 Å². The van der Waals surface area contributed by atoms with E-state index >= 15 is 0 Å². The van der Waals surface area contributed by atoms with Crippen molar-refractivity contribution in [2.24, 2.45) is 0 Å². The summed E-state index contributed by atoms with van der Waals surface area (Å²) in [7, 11) is 1.27. The van der Waals surface area contributed by atoms with Gasteiger partial charge in [0.2, 0.25) is 0 Å². The fourth-order valence-electron chi connectivity index (χ4n) is 2.95. The van der Waals surface area contributed by atoms with Crippen LogP contribution in [0.4, 0.5) is 5.69 Å². The highest BCUT2D eigenvalue weighted by Gasteiger charge is 2.25. The van der Waals surface area contributed by atoms with Crippen LogP contribution in [-0.4, -0.2) is 42.6 Å². The number of ether oxygens (including phenoxy) is 2. The lowest BCUT2D eigenvalue weighted by Crippen LogP contribution is -2.40. The molecule has 1 N–H and O–H groups in total. The maximum Gasteiger partial charge on any atom is 0.355 e. The quantitative estimate of drug-likeness (QED) is 0.788. The van der Waals surface area contributed by atoms with Gasteiger partial charge in [-0.1, -0.05) is 18.2 Å². The van der Waals surface area contributed by atoms with Crippen LogP contribution in [-0.2, 0) is 14.3 Å². The van der Waals surface area contributed by atoms with Gasteiger partial charge in [-0.3, -0.25) is 4.79 Å². The van der Waals surface area contributed by atoms with Gasteiger partial charge in [0, 0.05) is 17.4 Å². The normalized spacial score (nSPS) is 10.6. The number of carbonyl (C=O) groups excluding carboxylic acids is 3. The highest BCUT2D eigenvalue weighted by molar-refractivity contribution is 6.00. The number of carbonyl (C=O) groups is 3. The lowest BCUT2D eigenvalue weighted by molar-refractivity contribution is -0.122. The fraction of sp³-hybridized carbons (Fsp3) is 0.350. The zero-order valence-electron chi connectivity index (χ0n) is 16.2. The molecule has 0 aliphatic heterocycles. The molecule has 0 fully saturated rings. The molecular formula is C20H24N2O5. The van der Waals surface area contributed by atoms with Crippen molar-refractivity contribution in [1.82, 2.24) is 4.98 Å². The van der Waals surface area contributed by atoms with Gasteiger partial charge in [0.1, 0.15) is 5.69 Å². The third kappa shape index (κ3) is 4.36. The zero-order valence-corrected chi connectivity index (χ0v) is 16.2. The summed E-state index contributed by atoms with van der Waals surface area (Å²) < 4.78 is 9.92. The maximum absolute atomic E-state index is 12.6. The Kier molecular flexibility index (Phi) is 6.39. The van der Waals surface area contributed by atoms with Crippen LogP contribution in [0, 0.1) is 13.8 Å². The van der Waals surface area contributed by atoms with E-state index in [0.29, 0.717) is 16.8 Å². The summed E-state index contributed by atoms with van der Waals surface area (Å²) in [5.41, 5.74) is 2.10.